The van der Waals surface area contributed by atoms with Gasteiger partial charge in [-0.05, 0) is 44.0 Å². The van der Waals surface area contributed by atoms with Crippen molar-refractivity contribution in [3.63, 3.8) is 0 Å². The molecule has 0 aliphatic rings. The Morgan fingerprint density at radius 1 is 1.37 bits per heavy atom. The molecular formula is C14H22FNO2S. The van der Waals surface area contributed by atoms with Crippen molar-refractivity contribution in [2.24, 2.45) is 0 Å². The van der Waals surface area contributed by atoms with Gasteiger partial charge in [-0.15, -0.1) is 0 Å². The predicted molar refractivity (Wildman–Crippen MR) is 76.5 cm³/mol. The fraction of sp³-hybridized carbons (Fsp3) is 0.571. The van der Waals surface area contributed by atoms with Crippen molar-refractivity contribution in [3.8, 4) is 0 Å². The van der Waals surface area contributed by atoms with E-state index in [0.717, 1.165) is 18.5 Å². The van der Waals surface area contributed by atoms with Gasteiger partial charge in [-0.3, -0.25) is 0 Å². The van der Waals surface area contributed by atoms with Crippen LogP contribution in [-0.4, -0.2) is 26.5 Å². The lowest BCUT2D eigenvalue weighted by atomic mass is 10.0. The molecule has 0 aliphatic carbocycles. The lowest BCUT2D eigenvalue weighted by molar-refractivity contribution is 0.499. The summed E-state index contributed by atoms with van der Waals surface area (Å²) in [4.78, 5) is 0. The van der Waals surface area contributed by atoms with E-state index in [4.69, 9.17) is 0 Å². The van der Waals surface area contributed by atoms with Gasteiger partial charge in [-0.1, -0.05) is 19.1 Å². The van der Waals surface area contributed by atoms with Gasteiger partial charge in [0, 0.05) is 12.3 Å². The Labute approximate surface area is 115 Å². The summed E-state index contributed by atoms with van der Waals surface area (Å²) in [6, 6.07) is 4.44. The second kappa shape index (κ2) is 6.48. The number of hydrogen-bond donors (Lipinski definition) is 1. The lowest BCUT2D eigenvalue weighted by Gasteiger charge is -2.25. The molecule has 0 saturated heterocycles. The monoisotopic (exact) mass is 287 g/mol. The van der Waals surface area contributed by atoms with Crippen LogP contribution in [0.3, 0.4) is 0 Å². The van der Waals surface area contributed by atoms with E-state index in [0.29, 0.717) is 5.56 Å². The first kappa shape index (κ1) is 16.1. The third-order valence-corrected chi connectivity index (χ3v) is 4.92. The van der Waals surface area contributed by atoms with Crippen LogP contribution in [0.4, 0.5) is 4.39 Å². The number of hydrogen-bond acceptors (Lipinski definition) is 3. The Morgan fingerprint density at radius 2 is 2.00 bits per heavy atom. The van der Waals surface area contributed by atoms with Crippen LogP contribution < -0.4 is 5.32 Å². The number of nitrogens with one attached hydrogen (secondary N) is 1. The van der Waals surface area contributed by atoms with Gasteiger partial charge in [0.1, 0.15) is 5.82 Å². The highest BCUT2D eigenvalue weighted by Gasteiger charge is 2.27. The summed E-state index contributed by atoms with van der Waals surface area (Å²) in [6.07, 6.45) is 2.14. The van der Waals surface area contributed by atoms with E-state index in [-0.39, 0.29) is 11.9 Å². The average Bonchev–Trinajstić information content (AvgIpc) is 2.32. The number of benzene rings is 1. The van der Waals surface area contributed by atoms with Crippen LogP contribution in [0.15, 0.2) is 18.2 Å². The minimum atomic E-state index is -3.16. The van der Waals surface area contributed by atoms with E-state index in [1.165, 1.54) is 12.3 Å². The van der Waals surface area contributed by atoms with Crippen LogP contribution in [0.1, 0.15) is 37.4 Å². The van der Waals surface area contributed by atoms with Gasteiger partial charge in [0.25, 0.3) is 0 Å². The van der Waals surface area contributed by atoms with Crippen LogP contribution in [0, 0.1) is 12.7 Å². The van der Waals surface area contributed by atoms with Crippen LogP contribution >= 0.6 is 0 Å². The van der Waals surface area contributed by atoms with Gasteiger partial charge < -0.3 is 5.32 Å². The number of sulfone groups is 1. The Kier molecular flexibility index (Phi) is 5.50. The number of rotatable bonds is 6. The maximum Gasteiger partial charge on any atom is 0.151 e. The zero-order chi connectivity index (χ0) is 14.6. The Bertz CT molecular complexity index is 528. The Morgan fingerprint density at radius 3 is 2.47 bits per heavy atom. The van der Waals surface area contributed by atoms with E-state index in [1.54, 1.807) is 26.0 Å². The lowest BCUT2D eigenvalue weighted by Crippen LogP contribution is -2.35. The van der Waals surface area contributed by atoms with Crippen molar-refractivity contribution in [3.05, 3.63) is 35.1 Å². The molecule has 0 fully saturated rings. The number of aryl methyl sites for hydroxylation is 1. The molecule has 0 radical (unpaired) electrons. The van der Waals surface area contributed by atoms with E-state index >= 15 is 0 Å². The summed E-state index contributed by atoms with van der Waals surface area (Å²) >= 11 is 0. The molecule has 1 aromatic carbocycles. The van der Waals surface area contributed by atoms with Gasteiger partial charge in [0.2, 0.25) is 0 Å². The van der Waals surface area contributed by atoms with E-state index < -0.39 is 15.1 Å². The quantitative estimate of drug-likeness (QED) is 0.875. The Balaban J connectivity index is 3.12. The standard InChI is InChI=1S/C14H22FNO2S/c1-5-8-16-14(11(3)19(4,17)18)12-6-7-13(15)10(2)9-12/h6-7,9,11,14,16H,5,8H2,1-4H3. The molecule has 2 unspecified atom stereocenters. The molecule has 0 bridgehead atoms. The molecule has 0 spiro atoms. The van der Waals surface area contributed by atoms with E-state index in [2.05, 4.69) is 5.32 Å². The summed E-state index contributed by atoms with van der Waals surface area (Å²) in [5.41, 5.74) is 1.34. The van der Waals surface area contributed by atoms with Gasteiger partial charge in [-0.25, -0.2) is 12.8 Å². The zero-order valence-electron chi connectivity index (χ0n) is 11.9. The highest BCUT2D eigenvalue weighted by Crippen LogP contribution is 2.23. The molecule has 1 rings (SSSR count). The topological polar surface area (TPSA) is 46.2 Å². The van der Waals surface area contributed by atoms with Crippen LogP contribution in [-0.2, 0) is 9.84 Å². The van der Waals surface area contributed by atoms with Crippen molar-refractivity contribution in [2.75, 3.05) is 12.8 Å². The average molecular weight is 287 g/mol. The van der Waals surface area contributed by atoms with Crippen molar-refractivity contribution >= 4 is 9.84 Å². The third kappa shape index (κ3) is 4.28. The van der Waals surface area contributed by atoms with Crippen LogP contribution in [0.5, 0.6) is 0 Å². The molecule has 108 valence electrons. The normalized spacial score (nSPS) is 15.2. The molecule has 0 aliphatic heterocycles. The fourth-order valence-corrected chi connectivity index (χ4v) is 2.71. The van der Waals surface area contributed by atoms with Crippen molar-refractivity contribution in [1.82, 2.24) is 5.32 Å². The largest absolute Gasteiger partial charge is 0.309 e. The summed E-state index contributed by atoms with van der Waals surface area (Å²) < 4.78 is 36.8. The first-order chi connectivity index (χ1) is 8.77. The van der Waals surface area contributed by atoms with Crippen LogP contribution in [0.25, 0.3) is 0 Å². The first-order valence-electron chi connectivity index (χ1n) is 6.45. The SMILES string of the molecule is CCCNC(c1ccc(F)c(C)c1)C(C)S(C)(=O)=O. The molecule has 2 atom stereocenters. The molecule has 0 amide bonds. The van der Waals surface area contributed by atoms with Gasteiger partial charge in [0.05, 0.1) is 5.25 Å². The van der Waals surface area contributed by atoms with Gasteiger partial charge in [0.15, 0.2) is 9.84 Å². The molecule has 0 saturated carbocycles. The second-order valence-corrected chi connectivity index (χ2v) is 7.38. The molecule has 0 aromatic heterocycles. The van der Waals surface area contributed by atoms with Gasteiger partial charge >= 0.3 is 0 Å². The summed E-state index contributed by atoms with van der Waals surface area (Å²) in [7, 11) is -3.16. The van der Waals surface area contributed by atoms with Crippen molar-refractivity contribution in [2.45, 2.75) is 38.5 Å². The molecule has 1 aromatic rings. The minimum absolute atomic E-state index is 0.273. The zero-order valence-corrected chi connectivity index (χ0v) is 12.7. The van der Waals surface area contributed by atoms with Gasteiger partial charge in [-0.2, -0.15) is 0 Å². The number of halogens is 1. The summed E-state index contributed by atoms with van der Waals surface area (Å²) in [5.74, 6) is -0.273. The van der Waals surface area contributed by atoms with Crippen molar-refractivity contribution < 1.29 is 12.8 Å². The first-order valence-corrected chi connectivity index (χ1v) is 8.41. The summed E-state index contributed by atoms with van der Waals surface area (Å²) in [5, 5.41) is 2.69. The smallest absolute Gasteiger partial charge is 0.151 e. The minimum Gasteiger partial charge on any atom is -0.309 e. The van der Waals surface area contributed by atoms with E-state index in [9.17, 15) is 12.8 Å². The summed E-state index contributed by atoms with van der Waals surface area (Å²) in [6.45, 7) is 6.11. The second-order valence-electron chi connectivity index (χ2n) is 4.98. The molecule has 0 heterocycles. The predicted octanol–water partition coefficient (Wildman–Crippen LogP) is 2.61. The molecular weight excluding hydrogens is 265 g/mol. The van der Waals surface area contributed by atoms with Crippen molar-refractivity contribution in [1.29, 1.82) is 0 Å². The Hall–Kier alpha value is -0.940. The highest BCUT2D eigenvalue weighted by atomic mass is 32.2. The highest BCUT2D eigenvalue weighted by molar-refractivity contribution is 7.91. The maximum absolute atomic E-state index is 13.3. The maximum atomic E-state index is 13.3. The fourth-order valence-electron chi connectivity index (χ4n) is 1.96. The molecule has 5 heteroatoms. The van der Waals surface area contributed by atoms with Crippen LogP contribution in [0.2, 0.25) is 0 Å². The third-order valence-electron chi connectivity index (χ3n) is 3.30. The van der Waals surface area contributed by atoms with E-state index in [1.807, 2.05) is 6.92 Å². The molecule has 19 heavy (non-hydrogen) atoms. The molecule has 3 nitrogen and oxygen atoms in total. The molecule has 1 N–H and O–H groups in total.